The first-order valence-corrected chi connectivity index (χ1v) is 27.5. The molecule has 4 saturated heterocycles. The second-order valence-electron chi connectivity index (χ2n) is 22.1. The standard InChI is InChI=1S/C57H94O20/c1-29-17-15-16-18-39(67-12)24-45(74-55(64)33(5)23-31(3)21-30(2)22-32(4)42(20-19-29)75-56-51(62)50(61)53(69-14)38(10)72-56)54(63)57(65)35(7)48(59)34(6)43(77-57)25-40(28-66-11)73-46-26-41(58)52(37(9)71-46)76-47-27-44(68-13)49(60)36(8)70-47/h17,19-23,32,34-54,56,58-63,65H,15-16,18,24-28H2,1-14H3/b20-19+,29-17+,30-22+,31-21+,33-23+/t32-,34+,35-,36-,37+,38+,39-,40-,41-,42-,43-,44+,45+,46+,47+,48+,49+,50+,51+,52-,53+,54-,56+,57-/m1/s1. The maximum Gasteiger partial charge on any atom is 0.334 e. The number of carbonyl (C=O) groups excluding carboxylic acids is 1. The van der Waals surface area contributed by atoms with Gasteiger partial charge in [-0.15, -0.1) is 0 Å². The normalized spacial score (nSPS) is 45.6. The van der Waals surface area contributed by atoms with Crippen molar-refractivity contribution in [3.05, 3.63) is 58.7 Å². The van der Waals surface area contributed by atoms with Crippen molar-refractivity contribution in [3.8, 4) is 0 Å². The molecule has 24 atom stereocenters. The summed E-state index contributed by atoms with van der Waals surface area (Å²) in [5.41, 5.74) is 2.71. The lowest BCUT2D eigenvalue weighted by molar-refractivity contribution is -0.365. The fourth-order valence-corrected chi connectivity index (χ4v) is 11.2. The maximum atomic E-state index is 14.1. The molecule has 5 heterocycles. The number of esters is 1. The molecular weight excluding hydrogens is 1000 g/mol. The molecule has 0 amide bonds. The van der Waals surface area contributed by atoms with E-state index in [1.54, 1.807) is 47.6 Å². The Kier molecular flexibility index (Phi) is 25.4. The fourth-order valence-electron chi connectivity index (χ4n) is 11.2. The average Bonchev–Trinajstić information content (AvgIpc) is 3.39. The van der Waals surface area contributed by atoms with Crippen molar-refractivity contribution in [1.29, 1.82) is 0 Å². The SMILES string of the molecule is COC[C@@H](C[C@H]1O[C@@](O)([C@H](O)[C@@H]2C[C@H](OC)CCC/C=C(C)/C=C/[C@@H](O[C@@H]3O[C@@H](C)[C@H](OC)[C@@H](O)[C@@H]3O)[C@H](C)/C=C(C)/C=C(C)/C=C(\C)C(=O)O2)[C@H](C)[C@@H](O)[C@H]1C)O[C@H]1C[C@@H](O)[C@H](O[C@H]2C[C@H](OC)[C@@H](O)[C@@H](C)O2)[C@H](C)O1. The predicted octanol–water partition coefficient (Wildman–Crippen LogP) is 4.23. The van der Waals surface area contributed by atoms with Gasteiger partial charge in [0.2, 0.25) is 5.79 Å². The highest BCUT2D eigenvalue weighted by Gasteiger charge is 2.57. The summed E-state index contributed by atoms with van der Waals surface area (Å²) in [7, 11) is 5.99. The highest BCUT2D eigenvalue weighted by atomic mass is 16.7. The molecule has 0 aromatic carbocycles. The van der Waals surface area contributed by atoms with Gasteiger partial charge in [0.15, 0.2) is 18.9 Å². The van der Waals surface area contributed by atoms with Crippen LogP contribution in [0.1, 0.15) is 114 Å². The van der Waals surface area contributed by atoms with Crippen LogP contribution in [-0.4, -0.2) is 205 Å². The van der Waals surface area contributed by atoms with Gasteiger partial charge in [0.05, 0.1) is 67.6 Å². The number of allylic oxidation sites excluding steroid dienone is 7. The van der Waals surface area contributed by atoms with Crippen LogP contribution in [0.4, 0.5) is 0 Å². The topological polar surface area (TPSA) is 269 Å². The second-order valence-corrected chi connectivity index (χ2v) is 22.1. The second kappa shape index (κ2) is 30.0. The van der Waals surface area contributed by atoms with Gasteiger partial charge >= 0.3 is 5.97 Å². The number of aliphatic hydroxyl groups excluding tert-OH is 6. The summed E-state index contributed by atoms with van der Waals surface area (Å²) in [6.07, 6.45) is -4.69. The molecule has 0 unspecified atom stereocenters. The molecule has 0 saturated carbocycles. The molecule has 20 heteroatoms. The third-order valence-corrected chi connectivity index (χ3v) is 15.9. The largest absolute Gasteiger partial charge is 0.456 e. The highest BCUT2D eigenvalue weighted by molar-refractivity contribution is 5.88. The molecule has 442 valence electrons. The molecule has 0 aromatic heterocycles. The Labute approximate surface area is 456 Å². The molecule has 0 aromatic rings. The number of hydrogen-bond donors (Lipinski definition) is 7. The Morgan fingerprint density at radius 2 is 1.43 bits per heavy atom. The maximum absolute atomic E-state index is 14.1. The summed E-state index contributed by atoms with van der Waals surface area (Å²) in [6.45, 7) is 17.9. The molecule has 0 radical (unpaired) electrons. The van der Waals surface area contributed by atoms with Gasteiger partial charge in [-0.1, -0.05) is 67.9 Å². The van der Waals surface area contributed by atoms with Crippen molar-refractivity contribution in [2.75, 3.05) is 35.0 Å². The van der Waals surface area contributed by atoms with Crippen LogP contribution in [0.25, 0.3) is 0 Å². The molecule has 5 aliphatic heterocycles. The zero-order valence-corrected chi connectivity index (χ0v) is 47.8. The van der Waals surface area contributed by atoms with Crippen LogP contribution in [0.15, 0.2) is 58.7 Å². The number of hydrogen-bond acceptors (Lipinski definition) is 20. The van der Waals surface area contributed by atoms with Gasteiger partial charge in [-0.25, -0.2) is 4.79 Å². The van der Waals surface area contributed by atoms with E-state index in [1.807, 2.05) is 52.0 Å². The monoisotopic (exact) mass is 1100 g/mol. The van der Waals surface area contributed by atoms with E-state index in [0.717, 1.165) is 11.1 Å². The summed E-state index contributed by atoms with van der Waals surface area (Å²) < 4.78 is 72.0. The third-order valence-electron chi connectivity index (χ3n) is 15.9. The van der Waals surface area contributed by atoms with Crippen LogP contribution in [0, 0.1) is 17.8 Å². The first kappa shape index (κ1) is 65.3. The number of cyclic esters (lactones) is 1. The van der Waals surface area contributed by atoms with E-state index in [1.165, 1.54) is 28.4 Å². The van der Waals surface area contributed by atoms with Crippen LogP contribution in [0.3, 0.4) is 0 Å². The van der Waals surface area contributed by atoms with Crippen molar-refractivity contribution >= 4 is 5.97 Å². The quantitative estimate of drug-likeness (QED) is 0.113. The summed E-state index contributed by atoms with van der Waals surface area (Å²) in [6, 6.07) is 0. The lowest BCUT2D eigenvalue weighted by atomic mass is 9.76. The summed E-state index contributed by atoms with van der Waals surface area (Å²) in [4.78, 5) is 14.1. The van der Waals surface area contributed by atoms with E-state index in [2.05, 4.69) is 6.08 Å². The van der Waals surface area contributed by atoms with Gasteiger partial charge in [-0.2, -0.15) is 0 Å². The number of aliphatic hydroxyl groups is 7. The number of rotatable bonds is 15. The third kappa shape index (κ3) is 17.2. The van der Waals surface area contributed by atoms with Gasteiger partial charge in [-0.3, -0.25) is 0 Å². The minimum absolute atomic E-state index is 0.0263. The van der Waals surface area contributed by atoms with Gasteiger partial charge in [0.1, 0.15) is 42.7 Å². The Hall–Kier alpha value is -2.55. The first-order chi connectivity index (χ1) is 36.3. The first-order valence-electron chi connectivity index (χ1n) is 27.5. The van der Waals surface area contributed by atoms with Crippen LogP contribution < -0.4 is 0 Å². The van der Waals surface area contributed by atoms with E-state index >= 15 is 0 Å². The predicted molar refractivity (Wildman–Crippen MR) is 282 cm³/mol. The lowest BCUT2D eigenvalue weighted by Gasteiger charge is -2.51. The highest BCUT2D eigenvalue weighted by Crippen LogP contribution is 2.42. The van der Waals surface area contributed by atoms with Gasteiger partial charge in [0, 0.05) is 77.4 Å². The number of ether oxygens (including phenoxy) is 12. The Balaban J connectivity index is 1.34. The Morgan fingerprint density at radius 1 is 0.740 bits per heavy atom. The summed E-state index contributed by atoms with van der Waals surface area (Å²) in [5.74, 6) is -5.09. The number of methoxy groups -OCH3 is 4. The molecule has 77 heavy (non-hydrogen) atoms. The van der Waals surface area contributed by atoms with Crippen LogP contribution >= 0.6 is 0 Å². The van der Waals surface area contributed by atoms with Gasteiger partial charge < -0.3 is 92.6 Å². The van der Waals surface area contributed by atoms with Crippen molar-refractivity contribution in [2.45, 2.75) is 243 Å². The minimum Gasteiger partial charge on any atom is -0.456 e. The molecule has 7 N–H and O–H groups in total. The number of carbonyl (C=O) groups is 1. The van der Waals surface area contributed by atoms with E-state index < -0.39 is 146 Å². The van der Waals surface area contributed by atoms with Gasteiger partial charge in [-0.05, 0) is 73.8 Å². The Bertz CT molecular complexity index is 1980. The van der Waals surface area contributed by atoms with Crippen molar-refractivity contribution < 1.29 is 97.4 Å². The van der Waals surface area contributed by atoms with E-state index in [-0.39, 0.29) is 43.8 Å². The molecule has 0 spiro atoms. The summed E-state index contributed by atoms with van der Waals surface area (Å²) in [5, 5.41) is 80.4. The molecule has 20 nitrogen and oxygen atoms in total. The van der Waals surface area contributed by atoms with Crippen LogP contribution in [0.2, 0.25) is 0 Å². The van der Waals surface area contributed by atoms with E-state index in [4.69, 9.17) is 56.8 Å². The van der Waals surface area contributed by atoms with Crippen molar-refractivity contribution in [1.82, 2.24) is 0 Å². The fraction of sp³-hybridized carbons (Fsp3) is 0.807. The molecular formula is C57H94O20. The molecule has 4 fully saturated rings. The molecule has 0 bridgehead atoms. The Morgan fingerprint density at radius 3 is 2.08 bits per heavy atom. The molecule has 5 aliphatic rings. The molecule has 0 aliphatic carbocycles. The van der Waals surface area contributed by atoms with E-state index in [0.29, 0.717) is 24.8 Å². The van der Waals surface area contributed by atoms with E-state index in [9.17, 15) is 40.5 Å². The van der Waals surface area contributed by atoms with Gasteiger partial charge in [0.25, 0.3) is 0 Å². The zero-order valence-electron chi connectivity index (χ0n) is 47.8. The van der Waals surface area contributed by atoms with Crippen LogP contribution in [-0.2, 0) is 61.6 Å². The van der Waals surface area contributed by atoms with Crippen LogP contribution in [0.5, 0.6) is 0 Å². The molecule has 5 rings (SSSR count). The average molecular weight is 1100 g/mol. The van der Waals surface area contributed by atoms with Crippen molar-refractivity contribution in [3.63, 3.8) is 0 Å². The lowest BCUT2D eigenvalue weighted by Crippen LogP contribution is -2.65. The smallest absolute Gasteiger partial charge is 0.334 e. The summed E-state index contributed by atoms with van der Waals surface area (Å²) >= 11 is 0. The minimum atomic E-state index is -2.44. The zero-order chi connectivity index (χ0) is 57.1. The van der Waals surface area contributed by atoms with Crippen molar-refractivity contribution in [2.24, 2.45) is 17.8 Å².